The molecule has 2 aromatic carbocycles. The maximum atomic E-state index is 13.6. The van der Waals surface area contributed by atoms with Crippen molar-refractivity contribution < 1.29 is 23.5 Å². The third-order valence-electron chi connectivity index (χ3n) is 4.26. The van der Waals surface area contributed by atoms with Gasteiger partial charge in [-0.05, 0) is 43.3 Å². The number of hydrogen-bond acceptors (Lipinski definition) is 5. The zero-order chi connectivity index (χ0) is 19.2. The lowest BCUT2D eigenvalue weighted by molar-refractivity contribution is -0.123. The maximum Gasteiger partial charge on any atom is 0.341 e. The van der Waals surface area contributed by atoms with E-state index in [0.29, 0.717) is 18.9 Å². The number of amides is 1. The quantitative estimate of drug-likeness (QED) is 0.818. The van der Waals surface area contributed by atoms with E-state index < -0.39 is 23.8 Å². The molecule has 2 aromatic rings. The number of ether oxygens (including phenoxy) is 2. The van der Waals surface area contributed by atoms with Gasteiger partial charge in [0.15, 0.2) is 6.10 Å². The zero-order valence-electron chi connectivity index (χ0n) is 15.0. The number of nitrogens with one attached hydrogen (secondary N) is 1. The Hall–Kier alpha value is -2.93. The topological polar surface area (TPSA) is 67.9 Å². The Labute approximate surface area is 156 Å². The Bertz CT molecular complexity index is 804. The first kappa shape index (κ1) is 18.8. The van der Waals surface area contributed by atoms with Crippen LogP contribution in [0.1, 0.15) is 17.3 Å². The predicted molar refractivity (Wildman–Crippen MR) is 99.4 cm³/mol. The lowest BCUT2D eigenvalue weighted by Crippen LogP contribution is -2.36. The minimum atomic E-state index is -1.06. The van der Waals surface area contributed by atoms with Crippen LogP contribution in [0, 0.1) is 5.82 Å². The largest absolute Gasteiger partial charge is 0.449 e. The highest BCUT2D eigenvalue weighted by molar-refractivity contribution is 5.97. The monoisotopic (exact) mass is 372 g/mol. The average molecular weight is 372 g/mol. The number of halogens is 1. The Morgan fingerprint density at radius 1 is 1.11 bits per heavy atom. The molecule has 1 aliphatic rings. The lowest BCUT2D eigenvalue weighted by atomic mass is 10.2. The van der Waals surface area contributed by atoms with Crippen LogP contribution in [-0.2, 0) is 14.3 Å². The third kappa shape index (κ3) is 4.83. The van der Waals surface area contributed by atoms with E-state index in [1.165, 1.54) is 25.1 Å². The van der Waals surface area contributed by atoms with E-state index in [0.717, 1.165) is 24.8 Å². The van der Waals surface area contributed by atoms with E-state index >= 15 is 0 Å². The molecule has 1 atom stereocenters. The molecule has 1 saturated heterocycles. The first-order valence-corrected chi connectivity index (χ1v) is 8.74. The Morgan fingerprint density at radius 3 is 2.44 bits per heavy atom. The second-order valence-corrected chi connectivity index (χ2v) is 6.16. The molecule has 1 N–H and O–H groups in total. The summed E-state index contributed by atoms with van der Waals surface area (Å²) in [4.78, 5) is 26.4. The van der Waals surface area contributed by atoms with E-state index in [4.69, 9.17) is 9.47 Å². The highest BCUT2D eigenvalue weighted by Gasteiger charge is 2.21. The van der Waals surface area contributed by atoms with Crippen LogP contribution in [0.3, 0.4) is 0 Å². The van der Waals surface area contributed by atoms with Gasteiger partial charge in [-0.25, -0.2) is 9.18 Å². The summed E-state index contributed by atoms with van der Waals surface area (Å²) in [5, 5.41) is 2.69. The summed E-state index contributed by atoms with van der Waals surface area (Å²) in [6.45, 7) is 4.49. The molecule has 0 aliphatic carbocycles. The third-order valence-corrected chi connectivity index (χ3v) is 4.26. The normalized spacial score (nSPS) is 15.1. The Balaban J connectivity index is 1.56. The molecule has 1 fully saturated rings. The van der Waals surface area contributed by atoms with Crippen LogP contribution in [0.15, 0.2) is 48.5 Å². The number of morpholine rings is 1. The average Bonchev–Trinajstić information content (AvgIpc) is 2.69. The van der Waals surface area contributed by atoms with Gasteiger partial charge in [0.2, 0.25) is 0 Å². The molecular weight excluding hydrogens is 351 g/mol. The molecule has 0 unspecified atom stereocenters. The molecule has 142 valence electrons. The minimum Gasteiger partial charge on any atom is -0.449 e. The van der Waals surface area contributed by atoms with Gasteiger partial charge in [0.1, 0.15) is 5.82 Å². The zero-order valence-corrected chi connectivity index (χ0v) is 15.0. The van der Waals surface area contributed by atoms with Crippen molar-refractivity contribution in [3.63, 3.8) is 0 Å². The van der Waals surface area contributed by atoms with Gasteiger partial charge in [-0.3, -0.25) is 4.79 Å². The SMILES string of the molecule is C[C@@H](OC(=O)c1ccccc1F)C(=O)Nc1ccc(N2CCOCC2)cc1. The van der Waals surface area contributed by atoms with Crippen LogP contribution in [-0.4, -0.2) is 44.3 Å². The summed E-state index contributed by atoms with van der Waals surface area (Å²) in [5.74, 6) is -2.05. The number of benzene rings is 2. The second kappa shape index (κ2) is 8.64. The number of esters is 1. The molecule has 1 amide bonds. The molecule has 0 radical (unpaired) electrons. The predicted octanol–water partition coefficient (Wildman–Crippen LogP) is 2.85. The van der Waals surface area contributed by atoms with Crippen molar-refractivity contribution in [1.29, 1.82) is 0 Å². The molecule has 3 rings (SSSR count). The van der Waals surface area contributed by atoms with Gasteiger partial charge in [-0.2, -0.15) is 0 Å². The molecule has 0 saturated carbocycles. The van der Waals surface area contributed by atoms with Gasteiger partial charge in [0, 0.05) is 24.5 Å². The second-order valence-electron chi connectivity index (χ2n) is 6.16. The van der Waals surface area contributed by atoms with Gasteiger partial charge in [-0.15, -0.1) is 0 Å². The van der Waals surface area contributed by atoms with Crippen molar-refractivity contribution in [1.82, 2.24) is 0 Å². The summed E-state index contributed by atoms with van der Waals surface area (Å²) in [7, 11) is 0. The molecule has 27 heavy (non-hydrogen) atoms. The Morgan fingerprint density at radius 2 is 1.78 bits per heavy atom. The molecule has 0 bridgehead atoms. The first-order chi connectivity index (χ1) is 13.0. The van der Waals surface area contributed by atoms with Crippen LogP contribution >= 0.6 is 0 Å². The van der Waals surface area contributed by atoms with Crippen LogP contribution in [0.25, 0.3) is 0 Å². The fraction of sp³-hybridized carbons (Fsp3) is 0.300. The summed E-state index contributed by atoms with van der Waals surface area (Å²) in [5.41, 5.74) is 1.44. The first-order valence-electron chi connectivity index (χ1n) is 8.74. The van der Waals surface area contributed by atoms with Crippen molar-refractivity contribution in [2.45, 2.75) is 13.0 Å². The molecule has 7 heteroatoms. The van der Waals surface area contributed by atoms with Crippen molar-refractivity contribution in [3.8, 4) is 0 Å². The van der Waals surface area contributed by atoms with E-state index in [-0.39, 0.29) is 5.56 Å². The summed E-state index contributed by atoms with van der Waals surface area (Å²) in [6, 6.07) is 12.9. The lowest BCUT2D eigenvalue weighted by Gasteiger charge is -2.28. The number of hydrogen-bond donors (Lipinski definition) is 1. The van der Waals surface area contributed by atoms with Gasteiger partial charge in [-0.1, -0.05) is 12.1 Å². The summed E-state index contributed by atoms with van der Waals surface area (Å²) in [6.07, 6.45) is -1.06. The highest BCUT2D eigenvalue weighted by Crippen LogP contribution is 2.19. The van der Waals surface area contributed by atoms with Gasteiger partial charge < -0.3 is 19.7 Å². The van der Waals surface area contributed by atoms with Crippen LogP contribution in [0.2, 0.25) is 0 Å². The van der Waals surface area contributed by atoms with E-state index in [1.54, 1.807) is 12.1 Å². The Kier molecular flexibility index (Phi) is 6.03. The van der Waals surface area contributed by atoms with Crippen LogP contribution in [0.5, 0.6) is 0 Å². The molecule has 6 nitrogen and oxygen atoms in total. The van der Waals surface area contributed by atoms with Crippen LogP contribution < -0.4 is 10.2 Å². The molecular formula is C20H21FN2O4. The fourth-order valence-electron chi connectivity index (χ4n) is 2.73. The number of nitrogens with zero attached hydrogens (tertiary/aromatic N) is 1. The minimum absolute atomic E-state index is 0.202. The van der Waals surface area contributed by atoms with Crippen molar-refractivity contribution in [2.24, 2.45) is 0 Å². The van der Waals surface area contributed by atoms with E-state index in [2.05, 4.69) is 10.2 Å². The highest BCUT2D eigenvalue weighted by atomic mass is 19.1. The number of rotatable bonds is 5. The van der Waals surface area contributed by atoms with Gasteiger partial charge in [0.05, 0.1) is 18.8 Å². The van der Waals surface area contributed by atoms with Crippen molar-refractivity contribution in [3.05, 3.63) is 59.9 Å². The van der Waals surface area contributed by atoms with E-state index in [1.807, 2.05) is 12.1 Å². The summed E-state index contributed by atoms with van der Waals surface area (Å²) < 4.78 is 24.0. The van der Waals surface area contributed by atoms with Crippen LogP contribution in [0.4, 0.5) is 15.8 Å². The van der Waals surface area contributed by atoms with Crippen molar-refractivity contribution >= 4 is 23.3 Å². The van der Waals surface area contributed by atoms with Crippen molar-refractivity contribution in [2.75, 3.05) is 36.5 Å². The number of carbonyl (C=O) groups is 2. The number of carbonyl (C=O) groups excluding carboxylic acids is 2. The van der Waals surface area contributed by atoms with E-state index in [9.17, 15) is 14.0 Å². The fourth-order valence-corrected chi connectivity index (χ4v) is 2.73. The molecule has 1 heterocycles. The molecule has 1 aliphatic heterocycles. The smallest absolute Gasteiger partial charge is 0.341 e. The van der Waals surface area contributed by atoms with Gasteiger partial charge in [0.25, 0.3) is 5.91 Å². The number of anilines is 2. The van der Waals surface area contributed by atoms with Gasteiger partial charge >= 0.3 is 5.97 Å². The maximum absolute atomic E-state index is 13.6. The molecule has 0 aromatic heterocycles. The standard InChI is InChI=1S/C20H21FN2O4/c1-14(27-20(25)17-4-2-3-5-18(17)21)19(24)22-15-6-8-16(9-7-15)23-10-12-26-13-11-23/h2-9,14H,10-13H2,1H3,(H,22,24)/t14-/m1/s1. The summed E-state index contributed by atoms with van der Waals surface area (Å²) >= 11 is 0. The molecule has 0 spiro atoms.